The highest BCUT2D eigenvalue weighted by molar-refractivity contribution is 5.96. The lowest BCUT2D eigenvalue weighted by molar-refractivity contribution is 0.251. The minimum absolute atomic E-state index is 0.146. The molecule has 1 amide bonds. The van der Waals surface area contributed by atoms with Gasteiger partial charge in [0.15, 0.2) is 0 Å². The van der Waals surface area contributed by atoms with Crippen LogP contribution < -0.4 is 9.80 Å². The number of carbonyl (C=O) groups excluding carboxylic acids is 1. The molecule has 0 aromatic carbocycles. The largest absolute Gasteiger partial charge is 0.354 e. The van der Waals surface area contributed by atoms with Crippen LogP contribution in [0.25, 0.3) is 11.3 Å². The Kier molecular flexibility index (Phi) is 3.63. The van der Waals surface area contributed by atoms with Gasteiger partial charge in [-0.05, 0) is 30.7 Å². The molecule has 0 aliphatic carbocycles. The van der Waals surface area contributed by atoms with E-state index in [-0.39, 0.29) is 6.03 Å². The van der Waals surface area contributed by atoms with Crippen molar-refractivity contribution in [2.75, 3.05) is 22.9 Å². The maximum atomic E-state index is 13.4. The van der Waals surface area contributed by atoms with Gasteiger partial charge in [-0.1, -0.05) is 0 Å². The minimum atomic E-state index is -0.781. The molecule has 0 radical (unpaired) electrons. The zero-order valence-electron chi connectivity index (χ0n) is 14.5. The van der Waals surface area contributed by atoms with E-state index in [0.29, 0.717) is 37.6 Å². The summed E-state index contributed by atoms with van der Waals surface area (Å²) >= 11 is 0. The Morgan fingerprint density at radius 1 is 1.19 bits per heavy atom. The van der Waals surface area contributed by atoms with Crippen LogP contribution in [0.1, 0.15) is 12.2 Å². The van der Waals surface area contributed by atoms with Gasteiger partial charge < -0.3 is 4.90 Å². The summed E-state index contributed by atoms with van der Waals surface area (Å²) < 4.78 is 14.9. The van der Waals surface area contributed by atoms with E-state index >= 15 is 0 Å². The van der Waals surface area contributed by atoms with Gasteiger partial charge in [0.25, 0.3) is 0 Å². The summed E-state index contributed by atoms with van der Waals surface area (Å²) in [5.74, 6) is 1.45. The molecule has 3 aromatic rings. The third-order valence-electron chi connectivity index (χ3n) is 4.97. The number of pyridine rings is 2. The maximum Gasteiger partial charge on any atom is 0.334 e. The van der Waals surface area contributed by atoms with E-state index in [1.807, 2.05) is 23.1 Å². The van der Waals surface area contributed by atoms with Crippen LogP contribution in [0, 0.1) is 0 Å². The number of anilines is 2. The van der Waals surface area contributed by atoms with Crippen molar-refractivity contribution in [3.8, 4) is 11.3 Å². The fraction of sp³-hybridized carbons (Fsp3) is 0.263. The average molecular weight is 364 g/mol. The summed E-state index contributed by atoms with van der Waals surface area (Å²) in [6.45, 7) is 1.48. The second kappa shape index (κ2) is 6.15. The first-order valence-corrected chi connectivity index (χ1v) is 8.84. The van der Waals surface area contributed by atoms with E-state index in [2.05, 4.69) is 15.0 Å². The van der Waals surface area contributed by atoms with Crippen LogP contribution in [0.3, 0.4) is 0 Å². The second-order valence-corrected chi connectivity index (χ2v) is 6.73. The normalized spacial score (nSPS) is 19.0. The van der Waals surface area contributed by atoms with Crippen molar-refractivity contribution in [3.63, 3.8) is 0 Å². The molecule has 0 N–H and O–H groups in total. The van der Waals surface area contributed by atoms with Gasteiger partial charge in [0, 0.05) is 30.7 Å². The molecule has 7 nitrogen and oxygen atoms in total. The molecule has 0 saturated carbocycles. The number of nitrogens with zero attached hydrogens (tertiary/aromatic N) is 6. The van der Waals surface area contributed by atoms with E-state index in [0.717, 1.165) is 17.1 Å². The standard InChI is InChI=1S/C19H17FN6O/c20-14-5-7-24(10-14)17-4-3-13(8-22-17)16-11-26-18(23-16)12-25(19(26)27)15-2-1-6-21-9-15/h1-4,6,8-9,11,14H,5,7,10,12H2/t14-/m1/s1. The Bertz CT molecular complexity index is 987. The molecule has 1 fully saturated rings. The number of imidazole rings is 1. The van der Waals surface area contributed by atoms with Gasteiger partial charge in [0.1, 0.15) is 17.8 Å². The van der Waals surface area contributed by atoms with Gasteiger partial charge in [-0.3, -0.25) is 14.5 Å². The molecule has 5 heterocycles. The third-order valence-corrected chi connectivity index (χ3v) is 4.97. The molecular formula is C19H17FN6O. The summed E-state index contributed by atoms with van der Waals surface area (Å²) in [6.07, 6.45) is 6.56. The first kappa shape index (κ1) is 15.9. The van der Waals surface area contributed by atoms with Crippen molar-refractivity contribution in [1.82, 2.24) is 19.5 Å². The lowest BCUT2D eigenvalue weighted by Crippen LogP contribution is -2.25. The van der Waals surface area contributed by atoms with E-state index in [1.54, 1.807) is 40.3 Å². The van der Waals surface area contributed by atoms with Crippen molar-refractivity contribution < 1.29 is 9.18 Å². The predicted octanol–water partition coefficient (Wildman–Crippen LogP) is 2.88. The molecule has 0 spiro atoms. The first-order chi connectivity index (χ1) is 13.2. The van der Waals surface area contributed by atoms with Gasteiger partial charge in [0.05, 0.1) is 30.7 Å². The zero-order valence-corrected chi connectivity index (χ0v) is 14.5. The second-order valence-electron chi connectivity index (χ2n) is 6.73. The van der Waals surface area contributed by atoms with Crippen LogP contribution in [0.4, 0.5) is 20.7 Å². The molecule has 1 atom stereocenters. The Morgan fingerprint density at radius 3 is 2.78 bits per heavy atom. The first-order valence-electron chi connectivity index (χ1n) is 8.84. The summed E-state index contributed by atoms with van der Waals surface area (Å²) in [4.78, 5) is 29.3. The summed E-state index contributed by atoms with van der Waals surface area (Å²) in [7, 11) is 0. The van der Waals surface area contributed by atoms with Crippen LogP contribution in [0.2, 0.25) is 0 Å². The number of halogens is 1. The number of amides is 1. The molecular weight excluding hydrogens is 347 g/mol. The molecule has 1 saturated heterocycles. The van der Waals surface area contributed by atoms with E-state index in [4.69, 9.17) is 0 Å². The zero-order chi connectivity index (χ0) is 18.4. The SMILES string of the molecule is O=C1N(c2cccnc2)Cc2nc(-c3ccc(N4CC[C@@H](F)C4)nc3)cn21. The number of rotatable bonds is 3. The minimum Gasteiger partial charge on any atom is -0.354 e. The van der Waals surface area contributed by atoms with Crippen LogP contribution in [0.15, 0.2) is 49.1 Å². The van der Waals surface area contributed by atoms with Crippen molar-refractivity contribution >= 4 is 17.5 Å². The Morgan fingerprint density at radius 2 is 2.11 bits per heavy atom. The Labute approximate surface area is 155 Å². The Hall–Kier alpha value is -3.29. The summed E-state index contributed by atoms with van der Waals surface area (Å²) in [5, 5.41) is 0. The number of carbonyl (C=O) groups is 1. The highest BCUT2D eigenvalue weighted by Crippen LogP contribution is 2.28. The maximum absolute atomic E-state index is 13.4. The van der Waals surface area contributed by atoms with E-state index in [9.17, 15) is 9.18 Å². The smallest absolute Gasteiger partial charge is 0.334 e. The van der Waals surface area contributed by atoms with Gasteiger partial charge >= 0.3 is 6.03 Å². The summed E-state index contributed by atoms with van der Waals surface area (Å²) in [6, 6.07) is 7.29. The van der Waals surface area contributed by atoms with Crippen LogP contribution in [-0.4, -0.2) is 44.8 Å². The van der Waals surface area contributed by atoms with Crippen molar-refractivity contribution in [1.29, 1.82) is 0 Å². The molecule has 0 unspecified atom stereocenters. The Balaban J connectivity index is 1.37. The number of fused-ring (bicyclic) bond motifs is 1. The van der Waals surface area contributed by atoms with Crippen LogP contribution in [-0.2, 0) is 6.54 Å². The molecule has 2 aliphatic heterocycles. The third kappa shape index (κ3) is 2.73. The topological polar surface area (TPSA) is 67.2 Å². The van der Waals surface area contributed by atoms with E-state index in [1.165, 1.54) is 0 Å². The molecule has 136 valence electrons. The van der Waals surface area contributed by atoms with Gasteiger partial charge in [0.2, 0.25) is 0 Å². The lowest BCUT2D eigenvalue weighted by Gasteiger charge is -2.16. The molecule has 3 aromatic heterocycles. The van der Waals surface area contributed by atoms with Crippen molar-refractivity contribution in [2.24, 2.45) is 0 Å². The monoisotopic (exact) mass is 364 g/mol. The van der Waals surface area contributed by atoms with Crippen molar-refractivity contribution in [3.05, 3.63) is 54.9 Å². The molecule has 27 heavy (non-hydrogen) atoms. The predicted molar refractivity (Wildman–Crippen MR) is 98.4 cm³/mol. The highest BCUT2D eigenvalue weighted by atomic mass is 19.1. The fourth-order valence-corrected chi connectivity index (χ4v) is 3.54. The lowest BCUT2D eigenvalue weighted by atomic mass is 10.2. The van der Waals surface area contributed by atoms with E-state index < -0.39 is 6.17 Å². The van der Waals surface area contributed by atoms with Crippen LogP contribution >= 0.6 is 0 Å². The number of hydrogen-bond acceptors (Lipinski definition) is 5. The van der Waals surface area contributed by atoms with Gasteiger partial charge in [-0.25, -0.2) is 19.2 Å². The molecule has 8 heteroatoms. The average Bonchev–Trinajstić information content (AvgIpc) is 3.39. The number of hydrogen-bond donors (Lipinski definition) is 0. The van der Waals surface area contributed by atoms with Crippen LogP contribution in [0.5, 0.6) is 0 Å². The summed E-state index contributed by atoms with van der Waals surface area (Å²) in [5.41, 5.74) is 2.28. The highest BCUT2D eigenvalue weighted by Gasteiger charge is 2.30. The molecule has 0 bridgehead atoms. The molecule has 5 rings (SSSR count). The molecule has 2 aliphatic rings. The van der Waals surface area contributed by atoms with Gasteiger partial charge in [-0.2, -0.15) is 0 Å². The number of aromatic nitrogens is 4. The van der Waals surface area contributed by atoms with Gasteiger partial charge in [-0.15, -0.1) is 0 Å². The quantitative estimate of drug-likeness (QED) is 0.715. The fourth-order valence-electron chi connectivity index (χ4n) is 3.54. The number of alkyl halides is 1. The van der Waals surface area contributed by atoms with Crippen molar-refractivity contribution in [2.45, 2.75) is 19.1 Å².